The van der Waals surface area contributed by atoms with E-state index in [0.717, 1.165) is 21.2 Å². The molecule has 0 atom stereocenters. The van der Waals surface area contributed by atoms with E-state index in [4.69, 9.17) is 5.73 Å². The van der Waals surface area contributed by atoms with Crippen LogP contribution < -0.4 is 10.5 Å². The predicted octanol–water partition coefficient (Wildman–Crippen LogP) is 3.76. The molecule has 4 nitrogen and oxygen atoms in total. The summed E-state index contributed by atoms with van der Waals surface area (Å²) in [5, 5.41) is 0. The largest absolute Gasteiger partial charge is 0.398 e. The van der Waals surface area contributed by atoms with Crippen LogP contribution in [-0.2, 0) is 10.0 Å². The molecule has 0 heterocycles. The van der Waals surface area contributed by atoms with Gasteiger partial charge in [0.15, 0.2) is 0 Å². The summed E-state index contributed by atoms with van der Waals surface area (Å²) in [7, 11) is -3.66. The van der Waals surface area contributed by atoms with Gasteiger partial charge in [-0.25, -0.2) is 8.42 Å². The van der Waals surface area contributed by atoms with Crippen LogP contribution in [0.5, 0.6) is 0 Å². The Morgan fingerprint density at radius 3 is 2.29 bits per heavy atom. The highest BCUT2D eigenvalue weighted by atomic mass is 79.9. The zero-order valence-corrected chi connectivity index (χ0v) is 14.5. The number of anilines is 2. The third kappa shape index (κ3) is 3.57. The Morgan fingerprint density at radius 2 is 1.71 bits per heavy atom. The van der Waals surface area contributed by atoms with Crippen LogP contribution in [0.1, 0.15) is 16.7 Å². The van der Waals surface area contributed by atoms with Crippen molar-refractivity contribution in [2.24, 2.45) is 0 Å². The average Bonchev–Trinajstić information content (AvgIpc) is 2.33. The van der Waals surface area contributed by atoms with E-state index in [0.29, 0.717) is 11.4 Å². The molecule has 2 aromatic carbocycles. The fourth-order valence-corrected chi connectivity index (χ4v) is 3.78. The summed E-state index contributed by atoms with van der Waals surface area (Å²) in [5.41, 5.74) is 9.55. The SMILES string of the molecule is Cc1cc(Br)cc(NS(=O)(=O)c2cc(C)c(C)c(N)c2)c1. The van der Waals surface area contributed by atoms with Crippen LogP contribution in [0.3, 0.4) is 0 Å². The Bertz CT molecular complexity index is 758. The van der Waals surface area contributed by atoms with E-state index < -0.39 is 10.0 Å². The van der Waals surface area contributed by atoms with Crippen LogP contribution >= 0.6 is 15.9 Å². The number of halogens is 1. The minimum atomic E-state index is -3.66. The number of hydrogen-bond donors (Lipinski definition) is 2. The first-order valence-corrected chi connectivity index (χ1v) is 8.63. The Hall–Kier alpha value is -1.53. The second-order valence-corrected chi connectivity index (χ2v) is 7.68. The van der Waals surface area contributed by atoms with E-state index in [9.17, 15) is 8.42 Å². The molecule has 3 N–H and O–H groups in total. The van der Waals surface area contributed by atoms with Gasteiger partial charge in [-0.15, -0.1) is 0 Å². The molecule has 0 aromatic heterocycles. The van der Waals surface area contributed by atoms with Crippen molar-refractivity contribution in [1.29, 1.82) is 0 Å². The van der Waals surface area contributed by atoms with Crippen LogP contribution in [-0.4, -0.2) is 8.42 Å². The van der Waals surface area contributed by atoms with E-state index in [1.165, 1.54) is 6.07 Å². The summed E-state index contributed by atoms with van der Waals surface area (Å²) in [5.74, 6) is 0. The van der Waals surface area contributed by atoms with Gasteiger partial charge < -0.3 is 5.73 Å². The number of rotatable bonds is 3. The molecule has 112 valence electrons. The van der Waals surface area contributed by atoms with E-state index >= 15 is 0 Å². The number of nitrogens with one attached hydrogen (secondary N) is 1. The third-order valence-corrected chi connectivity index (χ3v) is 5.10. The minimum Gasteiger partial charge on any atom is -0.398 e. The zero-order chi connectivity index (χ0) is 15.8. The van der Waals surface area contributed by atoms with Crippen LogP contribution in [0.15, 0.2) is 39.7 Å². The lowest BCUT2D eigenvalue weighted by Crippen LogP contribution is -2.14. The normalized spacial score (nSPS) is 11.4. The van der Waals surface area contributed by atoms with Crippen molar-refractivity contribution in [2.75, 3.05) is 10.5 Å². The standard InChI is InChI=1S/C15H17BrN2O2S/c1-9-4-12(16)7-13(5-9)18-21(19,20)14-6-10(2)11(3)15(17)8-14/h4-8,18H,17H2,1-3H3. The monoisotopic (exact) mass is 368 g/mol. The molecule has 2 aromatic rings. The van der Waals surface area contributed by atoms with Gasteiger partial charge in [-0.3, -0.25) is 4.72 Å². The molecule has 0 unspecified atom stereocenters. The van der Waals surface area contributed by atoms with Crippen LogP contribution in [0.25, 0.3) is 0 Å². The van der Waals surface area contributed by atoms with Crippen molar-refractivity contribution in [3.63, 3.8) is 0 Å². The molecule has 0 fully saturated rings. The Morgan fingerprint density at radius 1 is 1.05 bits per heavy atom. The van der Waals surface area contributed by atoms with E-state index in [2.05, 4.69) is 20.7 Å². The number of hydrogen-bond acceptors (Lipinski definition) is 3. The summed E-state index contributed by atoms with van der Waals surface area (Å²) in [4.78, 5) is 0.167. The Balaban J connectivity index is 2.43. The molecule has 0 saturated heterocycles. The smallest absolute Gasteiger partial charge is 0.261 e. The summed E-state index contributed by atoms with van der Waals surface area (Å²) in [6.45, 7) is 5.61. The first-order chi connectivity index (χ1) is 9.69. The molecule has 0 aliphatic rings. The third-order valence-electron chi connectivity index (χ3n) is 3.29. The second kappa shape index (κ2) is 5.69. The molecular weight excluding hydrogens is 352 g/mol. The van der Waals surface area contributed by atoms with Crippen molar-refractivity contribution in [1.82, 2.24) is 0 Å². The maximum Gasteiger partial charge on any atom is 0.261 e. The number of nitrogen functional groups attached to an aromatic ring is 1. The summed E-state index contributed by atoms with van der Waals surface area (Å²) in [6.07, 6.45) is 0. The minimum absolute atomic E-state index is 0.167. The van der Waals surface area contributed by atoms with Gasteiger partial charge in [0.25, 0.3) is 10.0 Å². The van der Waals surface area contributed by atoms with Crippen molar-refractivity contribution in [3.8, 4) is 0 Å². The van der Waals surface area contributed by atoms with Crippen LogP contribution in [0, 0.1) is 20.8 Å². The van der Waals surface area contributed by atoms with Gasteiger partial charge in [0.2, 0.25) is 0 Å². The molecule has 0 bridgehead atoms. The maximum atomic E-state index is 12.5. The molecule has 0 saturated carbocycles. The van der Waals surface area contributed by atoms with Gasteiger partial charge in [0.1, 0.15) is 0 Å². The average molecular weight is 369 g/mol. The van der Waals surface area contributed by atoms with Gasteiger partial charge in [-0.1, -0.05) is 15.9 Å². The van der Waals surface area contributed by atoms with Gasteiger partial charge in [0, 0.05) is 10.2 Å². The summed E-state index contributed by atoms with van der Waals surface area (Å²) < 4.78 is 28.3. The molecule has 0 aliphatic carbocycles. The van der Waals surface area contributed by atoms with Crippen molar-refractivity contribution in [3.05, 3.63) is 51.5 Å². The molecule has 21 heavy (non-hydrogen) atoms. The van der Waals surface area contributed by atoms with E-state index in [1.807, 2.05) is 26.8 Å². The highest BCUT2D eigenvalue weighted by molar-refractivity contribution is 9.10. The number of benzene rings is 2. The highest BCUT2D eigenvalue weighted by Gasteiger charge is 2.16. The van der Waals surface area contributed by atoms with Crippen LogP contribution in [0.2, 0.25) is 0 Å². The zero-order valence-electron chi connectivity index (χ0n) is 12.1. The molecule has 6 heteroatoms. The van der Waals surface area contributed by atoms with Gasteiger partial charge in [0.05, 0.1) is 10.6 Å². The predicted molar refractivity (Wildman–Crippen MR) is 90.0 cm³/mol. The molecule has 0 spiro atoms. The molecular formula is C15H17BrN2O2S. The quantitative estimate of drug-likeness (QED) is 0.810. The van der Waals surface area contributed by atoms with Crippen molar-refractivity contribution >= 4 is 37.3 Å². The lowest BCUT2D eigenvalue weighted by Gasteiger charge is -2.12. The highest BCUT2D eigenvalue weighted by Crippen LogP contribution is 2.25. The first kappa shape index (κ1) is 15.9. The van der Waals surface area contributed by atoms with E-state index in [1.54, 1.807) is 18.2 Å². The van der Waals surface area contributed by atoms with Crippen molar-refractivity contribution in [2.45, 2.75) is 25.7 Å². The van der Waals surface area contributed by atoms with Crippen molar-refractivity contribution < 1.29 is 8.42 Å². The lowest BCUT2D eigenvalue weighted by molar-refractivity contribution is 0.601. The molecule has 0 aliphatic heterocycles. The number of nitrogens with two attached hydrogens (primary N) is 1. The van der Waals surface area contributed by atoms with Gasteiger partial charge in [-0.2, -0.15) is 0 Å². The fraction of sp³-hybridized carbons (Fsp3) is 0.200. The molecule has 2 rings (SSSR count). The van der Waals surface area contributed by atoms with Crippen LogP contribution in [0.4, 0.5) is 11.4 Å². The lowest BCUT2D eigenvalue weighted by atomic mass is 10.1. The van der Waals surface area contributed by atoms with Gasteiger partial charge >= 0.3 is 0 Å². The number of sulfonamides is 1. The molecule has 0 amide bonds. The van der Waals surface area contributed by atoms with Gasteiger partial charge in [-0.05, 0) is 67.8 Å². The number of aryl methyl sites for hydroxylation is 2. The van der Waals surface area contributed by atoms with E-state index in [-0.39, 0.29) is 4.90 Å². The Labute approximate surface area is 133 Å². The summed E-state index contributed by atoms with van der Waals surface area (Å²) >= 11 is 3.35. The Kier molecular flexibility index (Phi) is 4.30. The first-order valence-electron chi connectivity index (χ1n) is 6.36. The topological polar surface area (TPSA) is 72.2 Å². The second-order valence-electron chi connectivity index (χ2n) is 5.08. The summed E-state index contributed by atoms with van der Waals surface area (Å²) in [6, 6.07) is 8.50. The molecule has 0 radical (unpaired) electrons. The maximum absolute atomic E-state index is 12.5. The fourth-order valence-electron chi connectivity index (χ4n) is 2.02.